The van der Waals surface area contributed by atoms with E-state index in [1.54, 1.807) is 78.9 Å². The van der Waals surface area contributed by atoms with Crippen molar-refractivity contribution in [2.24, 2.45) is 5.73 Å². The van der Waals surface area contributed by atoms with Crippen LogP contribution in [-0.4, -0.2) is 31.1 Å². The van der Waals surface area contributed by atoms with Gasteiger partial charge in [-0.3, -0.25) is 4.79 Å². The van der Waals surface area contributed by atoms with Crippen molar-refractivity contribution in [2.45, 2.75) is 0 Å². The Bertz CT molecular complexity index is 1870. The van der Waals surface area contributed by atoms with Crippen molar-refractivity contribution in [3.63, 3.8) is 0 Å². The third kappa shape index (κ3) is 5.82. The second-order valence-corrected chi connectivity index (χ2v) is 9.38. The van der Waals surface area contributed by atoms with E-state index in [4.69, 9.17) is 25.2 Å². The van der Waals surface area contributed by atoms with Crippen molar-refractivity contribution in [3.05, 3.63) is 127 Å². The molecule has 210 valence electrons. The molecular weight excluding hydrogens is 544 g/mol. The molecule has 6 aromatic rings. The number of aromatic nitrogens is 3. The molecule has 6 rings (SSSR count). The number of primary amides is 1. The Balaban J connectivity index is 1.61. The highest BCUT2D eigenvalue weighted by molar-refractivity contribution is 5.97. The average Bonchev–Trinajstić information content (AvgIpc) is 3.02. The Labute approximate surface area is 246 Å². The maximum Gasteiger partial charge on any atom is 0.252 e. The van der Waals surface area contributed by atoms with Crippen LogP contribution in [0.25, 0.3) is 34.2 Å². The van der Waals surface area contributed by atoms with Crippen LogP contribution in [0.4, 0.5) is 0 Å². The van der Waals surface area contributed by atoms with Crippen molar-refractivity contribution in [2.75, 3.05) is 0 Å². The first-order valence-electron chi connectivity index (χ1n) is 13.2. The lowest BCUT2D eigenvalue weighted by Crippen LogP contribution is -2.13. The molecule has 43 heavy (non-hydrogen) atoms. The van der Waals surface area contributed by atoms with Crippen LogP contribution in [-0.2, 0) is 0 Å². The van der Waals surface area contributed by atoms with Gasteiger partial charge in [-0.2, -0.15) is 0 Å². The SMILES string of the molecule is NC(=O)c1cc(Oc2ccccc2)c(-c2nc(-c3ccccc3O)nc(-c3ccccc3O)n2)cc1Oc1ccccc1. The van der Waals surface area contributed by atoms with Crippen molar-refractivity contribution < 1.29 is 24.5 Å². The lowest BCUT2D eigenvalue weighted by molar-refractivity contribution is 0.0997. The molecule has 0 aliphatic heterocycles. The van der Waals surface area contributed by atoms with E-state index in [2.05, 4.69) is 4.98 Å². The van der Waals surface area contributed by atoms with Crippen molar-refractivity contribution in [3.8, 4) is 68.7 Å². The van der Waals surface area contributed by atoms with E-state index in [0.717, 1.165) is 0 Å². The van der Waals surface area contributed by atoms with Crippen LogP contribution < -0.4 is 15.2 Å². The molecule has 1 aromatic heterocycles. The summed E-state index contributed by atoms with van der Waals surface area (Å²) in [5.74, 6) is 0.970. The smallest absolute Gasteiger partial charge is 0.252 e. The Kier molecular flexibility index (Phi) is 7.35. The van der Waals surface area contributed by atoms with E-state index in [1.165, 1.54) is 18.2 Å². The fourth-order valence-corrected chi connectivity index (χ4v) is 4.39. The lowest BCUT2D eigenvalue weighted by atomic mass is 10.1. The average molecular weight is 569 g/mol. The van der Waals surface area contributed by atoms with Gasteiger partial charge in [0.2, 0.25) is 0 Å². The summed E-state index contributed by atoms with van der Waals surface area (Å²) in [7, 11) is 0. The molecule has 0 radical (unpaired) electrons. The quantitative estimate of drug-likeness (QED) is 0.179. The monoisotopic (exact) mass is 568 g/mol. The molecule has 9 nitrogen and oxygen atoms in total. The molecular formula is C34H24N4O5. The number of hydrogen-bond donors (Lipinski definition) is 3. The lowest BCUT2D eigenvalue weighted by Gasteiger charge is -2.17. The van der Waals surface area contributed by atoms with Crippen LogP contribution in [0.1, 0.15) is 10.4 Å². The Morgan fingerprint density at radius 1 is 0.535 bits per heavy atom. The Hall–Kier alpha value is -6.22. The molecule has 0 atom stereocenters. The van der Waals surface area contributed by atoms with Crippen LogP contribution in [0.2, 0.25) is 0 Å². The number of carbonyl (C=O) groups excluding carboxylic acids is 1. The summed E-state index contributed by atoms with van der Waals surface area (Å²) >= 11 is 0. The van der Waals surface area contributed by atoms with Gasteiger partial charge in [0.05, 0.1) is 22.3 Å². The Morgan fingerprint density at radius 2 is 0.953 bits per heavy atom. The first kappa shape index (κ1) is 27.0. The van der Waals surface area contributed by atoms with Crippen molar-refractivity contribution >= 4 is 5.91 Å². The van der Waals surface area contributed by atoms with E-state index in [-0.39, 0.29) is 46.0 Å². The molecule has 0 aliphatic rings. The molecule has 0 aliphatic carbocycles. The van der Waals surface area contributed by atoms with Gasteiger partial charge in [-0.25, -0.2) is 15.0 Å². The van der Waals surface area contributed by atoms with Crippen LogP contribution >= 0.6 is 0 Å². The van der Waals surface area contributed by atoms with E-state index in [1.807, 2.05) is 24.3 Å². The highest BCUT2D eigenvalue weighted by Crippen LogP contribution is 2.40. The highest BCUT2D eigenvalue weighted by atomic mass is 16.5. The molecule has 0 saturated heterocycles. The summed E-state index contributed by atoms with van der Waals surface area (Å²) in [6.45, 7) is 0. The van der Waals surface area contributed by atoms with Gasteiger partial charge >= 0.3 is 0 Å². The van der Waals surface area contributed by atoms with Gasteiger partial charge in [0, 0.05) is 0 Å². The molecule has 0 saturated carbocycles. The summed E-state index contributed by atoms with van der Waals surface area (Å²) in [6, 6.07) is 34.2. The zero-order valence-electron chi connectivity index (χ0n) is 22.6. The predicted octanol–water partition coefficient (Wildman–Crippen LogP) is 6.97. The topological polar surface area (TPSA) is 141 Å². The van der Waals surface area contributed by atoms with Gasteiger partial charge < -0.3 is 25.4 Å². The van der Waals surface area contributed by atoms with E-state index >= 15 is 0 Å². The summed E-state index contributed by atoms with van der Waals surface area (Å²) < 4.78 is 12.3. The van der Waals surface area contributed by atoms with Gasteiger partial charge in [-0.15, -0.1) is 0 Å². The van der Waals surface area contributed by atoms with Gasteiger partial charge in [-0.05, 0) is 60.7 Å². The first-order valence-corrected chi connectivity index (χ1v) is 13.2. The van der Waals surface area contributed by atoms with E-state index < -0.39 is 5.91 Å². The molecule has 4 N–H and O–H groups in total. The number of benzene rings is 5. The van der Waals surface area contributed by atoms with Crippen LogP contribution in [0, 0.1) is 0 Å². The minimum Gasteiger partial charge on any atom is -0.507 e. The number of amides is 1. The van der Waals surface area contributed by atoms with Crippen LogP contribution in [0.5, 0.6) is 34.5 Å². The summed E-state index contributed by atoms with van der Waals surface area (Å²) in [4.78, 5) is 26.6. The fraction of sp³-hybridized carbons (Fsp3) is 0. The van der Waals surface area contributed by atoms with Gasteiger partial charge in [0.15, 0.2) is 17.5 Å². The second-order valence-electron chi connectivity index (χ2n) is 9.38. The summed E-state index contributed by atoms with van der Waals surface area (Å²) in [5.41, 5.74) is 6.90. The van der Waals surface area contributed by atoms with Gasteiger partial charge in [0.1, 0.15) is 34.5 Å². The van der Waals surface area contributed by atoms with Gasteiger partial charge in [-0.1, -0.05) is 60.7 Å². The van der Waals surface area contributed by atoms with Crippen LogP contribution in [0.15, 0.2) is 121 Å². The number of ether oxygens (including phenoxy) is 2. The zero-order valence-corrected chi connectivity index (χ0v) is 22.6. The predicted molar refractivity (Wildman–Crippen MR) is 161 cm³/mol. The van der Waals surface area contributed by atoms with Gasteiger partial charge in [0.25, 0.3) is 5.91 Å². The third-order valence-electron chi connectivity index (χ3n) is 6.46. The largest absolute Gasteiger partial charge is 0.507 e. The maximum absolute atomic E-state index is 12.6. The highest BCUT2D eigenvalue weighted by Gasteiger charge is 2.23. The number of nitrogens with two attached hydrogens (primary N) is 1. The number of carbonyl (C=O) groups is 1. The summed E-state index contributed by atoms with van der Waals surface area (Å²) in [5, 5.41) is 21.3. The number of phenolic OH excluding ortho intramolecular Hbond substituents is 2. The zero-order chi connectivity index (χ0) is 29.8. The summed E-state index contributed by atoms with van der Waals surface area (Å²) in [6.07, 6.45) is 0. The minimum absolute atomic E-state index is 0.0409. The van der Waals surface area contributed by atoms with E-state index in [0.29, 0.717) is 28.2 Å². The number of aromatic hydroxyl groups is 2. The van der Waals surface area contributed by atoms with Crippen molar-refractivity contribution in [1.29, 1.82) is 0 Å². The minimum atomic E-state index is -0.726. The number of hydrogen-bond acceptors (Lipinski definition) is 8. The first-order chi connectivity index (χ1) is 21.0. The number of rotatable bonds is 8. The maximum atomic E-state index is 12.6. The second kappa shape index (κ2) is 11.7. The molecule has 9 heteroatoms. The third-order valence-corrected chi connectivity index (χ3v) is 6.46. The molecule has 0 unspecified atom stereocenters. The van der Waals surface area contributed by atoms with Crippen molar-refractivity contribution in [1.82, 2.24) is 15.0 Å². The standard InChI is InChI=1S/C34H24N4O5/c35-31(41)25-19-30(43-22-13-5-2-6-14-22)26(20-29(25)42-21-11-3-1-4-12-21)34-37-32(23-15-7-9-17-27(23)39)36-33(38-34)24-16-8-10-18-28(24)40/h1-20,39-40H,(H2,35,41). The number of nitrogens with zero attached hydrogens (tertiary/aromatic N) is 3. The fourth-order valence-electron chi connectivity index (χ4n) is 4.39. The molecule has 1 amide bonds. The number of phenols is 2. The van der Waals surface area contributed by atoms with Crippen LogP contribution in [0.3, 0.4) is 0 Å². The van der Waals surface area contributed by atoms with E-state index in [9.17, 15) is 15.0 Å². The molecule has 1 heterocycles. The Morgan fingerprint density at radius 3 is 1.42 bits per heavy atom. The molecule has 0 bridgehead atoms. The normalized spacial score (nSPS) is 10.7. The molecule has 5 aromatic carbocycles. The molecule has 0 fully saturated rings. The number of para-hydroxylation sites is 4. The molecule has 0 spiro atoms.